The van der Waals surface area contributed by atoms with Gasteiger partial charge in [0.05, 0.1) is 6.10 Å². The number of hydrogen-bond donors (Lipinski definition) is 5. The van der Waals surface area contributed by atoms with E-state index >= 15 is 0 Å². The Balaban J connectivity index is 1.31. The number of carbonyl (C=O) groups excluding carboxylic acids is 2. The predicted octanol–water partition coefficient (Wildman–Crippen LogP) is 0.245. The van der Waals surface area contributed by atoms with Gasteiger partial charge in [-0.3, -0.25) is 10.0 Å². The van der Waals surface area contributed by atoms with Crippen LogP contribution in [0.3, 0.4) is 0 Å². The molecule has 11 nitrogen and oxygen atoms in total. The van der Waals surface area contributed by atoms with Gasteiger partial charge in [0.25, 0.3) is 5.91 Å². The molecule has 188 valence electrons. The predicted molar refractivity (Wildman–Crippen MR) is 132 cm³/mol. The second-order valence-corrected chi connectivity index (χ2v) is 8.81. The van der Waals surface area contributed by atoms with Crippen molar-refractivity contribution in [2.24, 2.45) is 0 Å². The molecule has 0 aliphatic carbocycles. The van der Waals surface area contributed by atoms with E-state index in [1.54, 1.807) is 4.90 Å². The Kier molecular flexibility index (Phi) is 8.01. The SMILES string of the molecule is C[C@H](O)[C@@H](NC(=O)N1CCN(c2ccc(-c3ccc(N4CCNCC4)nc3)cc2)CC1)C(=O)NO. The van der Waals surface area contributed by atoms with Crippen molar-refractivity contribution in [3.05, 3.63) is 42.6 Å². The lowest BCUT2D eigenvalue weighted by Gasteiger charge is -2.36. The first-order chi connectivity index (χ1) is 17.0. The number of hydrogen-bond acceptors (Lipinski definition) is 8. The van der Waals surface area contributed by atoms with E-state index in [0.29, 0.717) is 26.2 Å². The van der Waals surface area contributed by atoms with Crippen molar-refractivity contribution in [1.82, 2.24) is 26.0 Å². The highest BCUT2D eigenvalue weighted by Gasteiger charge is 2.29. The smallest absolute Gasteiger partial charge is 0.318 e. The third-order valence-electron chi connectivity index (χ3n) is 6.48. The lowest BCUT2D eigenvalue weighted by Crippen LogP contribution is -2.58. The van der Waals surface area contributed by atoms with Crippen LogP contribution in [0.1, 0.15) is 6.92 Å². The van der Waals surface area contributed by atoms with Crippen molar-refractivity contribution in [3.63, 3.8) is 0 Å². The Morgan fingerprint density at radius 1 is 0.943 bits per heavy atom. The van der Waals surface area contributed by atoms with Crippen LogP contribution in [0.2, 0.25) is 0 Å². The number of piperazine rings is 2. The van der Waals surface area contributed by atoms with Crippen molar-refractivity contribution in [3.8, 4) is 11.1 Å². The van der Waals surface area contributed by atoms with Crippen LogP contribution in [0.15, 0.2) is 42.6 Å². The number of nitrogens with one attached hydrogen (secondary N) is 3. The molecule has 0 spiro atoms. The van der Waals surface area contributed by atoms with E-state index in [1.165, 1.54) is 12.4 Å². The second kappa shape index (κ2) is 11.3. The molecule has 2 aromatic rings. The van der Waals surface area contributed by atoms with Crippen LogP contribution >= 0.6 is 0 Å². The fourth-order valence-corrected chi connectivity index (χ4v) is 4.37. The van der Waals surface area contributed by atoms with Gasteiger partial charge in [-0.15, -0.1) is 0 Å². The summed E-state index contributed by atoms with van der Waals surface area (Å²) < 4.78 is 0. The van der Waals surface area contributed by atoms with Crippen LogP contribution in [-0.4, -0.2) is 96.6 Å². The summed E-state index contributed by atoms with van der Waals surface area (Å²) in [6.07, 6.45) is 0.779. The van der Waals surface area contributed by atoms with Crippen molar-refractivity contribution in [2.75, 3.05) is 62.2 Å². The molecule has 2 fully saturated rings. The number of benzene rings is 1. The van der Waals surface area contributed by atoms with E-state index in [1.807, 2.05) is 6.20 Å². The highest BCUT2D eigenvalue weighted by Crippen LogP contribution is 2.25. The molecule has 0 saturated carbocycles. The molecule has 0 radical (unpaired) electrons. The average Bonchev–Trinajstić information content (AvgIpc) is 2.92. The Labute approximate surface area is 204 Å². The number of hydroxylamine groups is 1. The summed E-state index contributed by atoms with van der Waals surface area (Å²) in [5.41, 5.74) is 4.70. The number of aromatic nitrogens is 1. The Morgan fingerprint density at radius 3 is 2.17 bits per heavy atom. The van der Waals surface area contributed by atoms with Crippen molar-refractivity contribution in [1.29, 1.82) is 0 Å². The van der Waals surface area contributed by atoms with Crippen molar-refractivity contribution >= 4 is 23.4 Å². The van der Waals surface area contributed by atoms with E-state index in [2.05, 4.69) is 61.8 Å². The minimum Gasteiger partial charge on any atom is -0.391 e. The number of carbonyl (C=O) groups is 2. The van der Waals surface area contributed by atoms with Crippen LogP contribution in [0.25, 0.3) is 11.1 Å². The summed E-state index contributed by atoms with van der Waals surface area (Å²) in [5, 5.41) is 24.3. The molecular formula is C24H33N7O4. The molecule has 1 aromatic carbocycles. The van der Waals surface area contributed by atoms with Crippen molar-refractivity contribution in [2.45, 2.75) is 19.1 Å². The summed E-state index contributed by atoms with van der Waals surface area (Å²) in [7, 11) is 0. The van der Waals surface area contributed by atoms with E-state index in [4.69, 9.17) is 5.21 Å². The number of rotatable bonds is 6. The van der Waals surface area contributed by atoms with E-state index in [0.717, 1.165) is 48.8 Å². The van der Waals surface area contributed by atoms with Crippen LogP contribution in [-0.2, 0) is 4.79 Å². The minimum absolute atomic E-state index is 0.453. The zero-order valence-corrected chi connectivity index (χ0v) is 19.9. The summed E-state index contributed by atoms with van der Waals surface area (Å²) >= 11 is 0. The quantitative estimate of drug-likeness (QED) is 0.292. The largest absolute Gasteiger partial charge is 0.391 e. The van der Waals surface area contributed by atoms with Crippen LogP contribution in [0.4, 0.5) is 16.3 Å². The zero-order valence-electron chi connectivity index (χ0n) is 19.9. The molecule has 2 saturated heterocycles. The third kappa shape index (κ3) is 5.99. The number of urea groups is 1. The molecule has 3 amide bonds. The molecule has 1 aromatic heterocycles. The van der Waals surface area contributed by atoms with Crippen LogP contribution in [0.5, 0.6) is 0 Å². The molecule has 4 rings (SSSR count). The number of anilines is 2. The topological polar surface area (TPSA) is 133 Å². The lowest BCUT2D eigenvalue weighted by molar-refractivity contribution is -0.133. The molecular weight excluding hydrogens is 450 g/mol. The van der Waals surface area contributed by atoms with Gasteiger partial charge in [0.2, 0.25) is 0 Å². The maximum absolute atomic E-state index is 12.5. The molecule has 2 aliphatic heterocycles. The number of amides is 3. The highest BCUT2D eigenvalue weighted by atomic mass is 16.5. The van der Waals surface area contributed by atoms with E-state index < -0.39 is 24.1 Å². The van der Waals surface area contributed by atoms with Gasteiger partial charge in [0.1, 0.15) is 11.9 Å². The maximum Gasteiger partial charge on any atom is 0.318 e. The fourth-order valence-electron chi connectivity index (χ4n) is 4.37. The van der Waals surface area contributed by atoms with Crippen molar-refractivity contribution < 1.29 is 19.9 Å². The molecule has 0 bridgehead atoms. The Hall–Kier alpha value is -3.41. The number of nitrogens with zero attached hydrogens (tertiary/aromatic N) is 4. The zero-order chi connectivity index (χ0) is 24.8. The molecule has 11 heteroatoms. The van der Waals surface area contributed by atoms with Gasteiger partial charge in [0, 0.05) is 69.8 Å². The molecule has 2 atom stereocenters. The highest BCUT2D eigenvalue weighted by molar-refractivity contribution is 5.87. The number of aliphatic hydroxyl groups excluding tert-OH is 1. The second-order valence-electron chi connectivity index (χ2n) is 8.81. The summed E-state index contributed by atoms with van der Waals surface area (Å²) in [4.78, 5) is 34.9. The first-order valence-corrected chi connectivity index (χ1v) is 11.9. The lowest BCUT2D eigenvalue weighted by atomic mass is 10.1. The number of pyridine rings is 1. The van der Waals surface area contributed by atoms with Gasteiger partial charge in [-0.1, -0.05) is 12.1 Å². The minimum atomic E-state index is -1.22. The standard InChI is InChI=1S/C24H33N7O4/c1-17(32)22(23(33)28-35)27-24(34)31-14-12-29(13-15-31)20-5-2-18(3-6-20)19-4-7-21(26-16-19)30-10-8-25-9-11-30/h2-7,16-17,22,25,32,35H,8-15H2,1H3,(H,27,34)(H,28,33)/t17-,22+/m0/s1. The van der Waals surface area contributed by atoms with E-state index in [9.17, 15) is 14.7 Å². The van der Waals surface area contributed by atoms with Gasteiger partial charge in [-0.05, 0) is 36.8 Å². The Bertz CT molecular complexity index is 986. The number of aliphatic hydroxyl groups is 1. The molecule has 3 heterocycles. The first kappa shape index (κ1) is 24.7. The monoisotopic (exact) mass is 483 g/mol. The van der Waals surface area contributed by atoms with E-state index in [-0.39, 0.29) is 0 Å². The van der Waals surface area contributed by atoms with Crippen LogP contribution < -0.4 is 25.9 Å². The van der Waals surface area contributed by atoms with Gasteiger partial charge in [-0.2, -0.15) is 0 Å². The fraction of sp³-hybridized carbons (Fsp3) is 0.458. The Morgan fingerprint density at radius 2 is 1.60 bits per heavy atom. The van der Waals surface area contributed by atoms with Gasteiger partial charge >= 0.3 is 6.03 Å². The first-order valence-electron chi connectivity index (χ1n) is 11.9. The molecule has 2 aliphatic rings. The average molecular weight is 484 g/mol. The van der Waals surface area contributed by atoms with Gasteiger partial charge in [0.15, 0.2) is 0 Å². The summed E-state index contributed by atoms with van der Waals surface area (Å²) in [6, 6.07) is 10.8. The van der Waals surface area contributed by atoms with Gasteiger partial charge < -0.3 is 30.4 Å². The van der Waals surface area contributed by atoms with Gasteiger partial charge in [-0.25, -0.2) is 15.3 Å². The summed E-state index contributed by atoms with van der Waals surface area (Å²) in [5.74, 6) is 0.145. The summed E-state index contributed by atoms with van der Waals surface area (Å²) in [6.45, 7) is 7.48. The van der Waals surface area contributed by atoms with Crippen LogP contribution in [0, 0.1) is 0 Å². The molecule has 0 unspecified atom stereocenters. The normalized spacial score (nSPS) is 18.1. The molecule has 5 N–H and O–H groups in total. The molecule has 35 heavy (non-hydrogen) atoms. The third-order valence-corrected chi connectivity index (χ3v) is 6.48. The maximum atomic E-state index is 12.5.